The number of allylic oxidation sites excluding steroid dienone is 5. The molecular formula is C70H131NO10. The monoisotopic (exact) mass is 1150 g/mol. The molecule has 8 atom stereocenters. The number of nitrogens with one attached hydrogen (secondary N) is 1. The number of carbonyl (C=O) groups excluding carboxylic acids is 2. The Kier molecular flexibility index (Phi) is 55.3. The average Bonchev–Trinajstić information content (AvgIpc) is 3.53. The lowest BCUT2D eigenvalue weighted by Crippen LogP contribution is -2.61. The van der Waals surface area contributed by atoms with Crippen LogP contribution < -0.4 is 5.32 Å². The second-order valence-corrected chi connectivity index (χ2v) is 24.3. The number of esters is 1. The van der Waals surface area contributed by atoms with Crippen molar-refractivity contribution in [2.24, 2.45) is 0 Å². The number of aliphatic hydroxyl groups is 5. The topological polar surface area (TPSA) is 175 Å². The zero-order valence-electron chi connectivity index (χ0n) is 52.9. The Morgan fingerprint density at radius 3 is 1.21 bits per heavy atom. The third kappa shape index (κ3) is 45.9. The summed E-state index contributed by atoms with van der Waals surface area (Å²) >= 11 is 0. The summed E-state index contributed by atoms with van der Waals surface area (Å²) in [6, 6.07) is -1.02. The maximum Gasteiger partial charge on any atom is 0.306 e. The largest absolute Gasteiger partial charge is 0.454 e. The van der Waals surface area contributed by atoms with Crippen molar-refractivity contribution >= 4 is 11.9 Å². The maximum absolute atomic E-state index is 13.5. The summed E-state index contributed by atoms with van der Waals surface area (Å²) in [4.78, 5) is 26.6. The second kappa shape index (κ2) is 58.3. The van der Waals surface area contributed by atoms with Crippen molar-refractivity contribution in [1.29, 1.82) is 0 Å². The molecule has 81 heavy (non-hydrogen) atoms. The Morgan fingerprint density at radius 2 is 0.815 bits per heavy atom. The van der Waals surface area contributed by atoms with Crippen molar-refractivity contribution in [3.63, 3.8) is 0 Å². The van der Waals surface area contributed by atoms with Crippen molar-refractivity contribution in [2.75, 3.05) is 13.2 Å². The number of aliphatic hydroxyl groups excluding tert-OH is 5. The summed E-state index contributed by atoms with van der Waals surface area (Å²) in [6.07, 6.45) is 60.4. The lowest BCUT2D eigenvalue weighted by Gasteiger charge is -2.41. The molecule has 0 radical (unpaired) electrons. The van der Waals surface area contributed by atoms with Gasteiger partial charge in [-0.25, -0.2) is 0 Å². The SMILES string of the molecule is CCCCCC/C=C\CCCCCCCCCC(=O)OC1C(OCC(NC(=O)C(O)CCCCCCCCCCCCCCCC/C=C/CCCCCCCC)C(O)/C=C/CCCCCCCCCCCCC)OC(CO)C(O)C1O. The number of hydrogen-bond donors (Lipinski definition) is 6. The third-order valence-corrected chi connectivity index (χ3v) is 16.5. The normalized spacial score (nSPS) is 18.8. The number of amides is 1. The van der Waals surface area contributed by atoms with Crippen LogP contribution in [0.15, 0.2) is 36.5 Å². The summed E-state index contributed by atoms with van der Waals surface area (Å²) in [5.74, 6) is -1.19. The van der Waals surface area contributed by atoms with Crippen molar-refractivity contribution in [1.82, 2.24) is 5.32 Å². The van der Waals surface area contributed by atoms with Gasteiger partial charge < -0.3 is 45.1 Å². The molecule has 476 valence electrons. The second-order valence-electron chi connectivity index (χ2n) is 24.3. The van der Waals surface area contributed by atoms with E-state index in [4.69, 9.17) is 14.2 Å². The summed E-state index contributed by atoms with van der Waals surface area (Å²) in [5.41, 5.74) is 0. The smallest absolute Gasteiger partial charge is 0.306 e. The highest BCUT2D eigenvalue weighted by molar-refractivity contribution is 5.80. The molecular weight excluding hydrogens is 1010 g/mol. The highest BCUT2D eigenvalue weighted by Crippen LogP contribution is 2.26. The molecule has 1 rings (SSSR count). The van der Waals surface area contributed by atoms with Gasteiger partial charge in [0.25, 0.3) is 0 Å². The molecule has 11 heteroatoms. The van der Waals surface area contributed by atoms with Crippen LogP contribution in [-0.2, 0) is 23.8 Å². The van der Waals surface area contributed by atoms with Crippen molar-refractivity contribution in [2.45, 2.75) is 384 Å². The summed E-state index contributed by atoms with van der Waals surface area (Å²) in [7, 11) is 0. The third-order valence-electron chi connectivity index (χ3n) is 16.5. The van der Waals surface area contributed by atoms with Crippen LogP contribution in [0.25, 0.3) is 0 Å². The molecule has 0 aromatic carbocycles. The van der Waals surface area contributed by atoms with Gasteiger partial charge in [0.15, 0.2) is 12.4 Å². The minimum Gasteiger partial charge on any atom is -0.454 e. The van der Waals surface area contributed by atoms with Gasteiger partial charge in [-0.05, 0) is 77.0 Å². The van der Waals surface area contributed by atoms with Gasteiger partial charge in [-0.3, -0.25) is 9.59 Å². The van der Waals surface area contributed by atoms with E-state index in [0.717, 1.165) is 70.6 Å². The van der Waals surface area contributed by atoms with Crippen LogP contribution in [0.2, 0.25) is 0 Å². The van der Waals surface area contributed by atoms with Crippen LogP contribution in [0.3, 0.4) is 0 Å². The number of ether oxygens (including phenoxy) is 3. The zero-order chi connectivity index (χ0) is 58.9. The Labute approximate surface area is 498 Å². The highest BCUT2D eigenvalue weighted by Gasteiger charge is 2.47. The van der Waals surface area contributed by atoms with Crippen molar-refractivity contribution < 1.29 is 49.3 Å². The van der Waals surface area contributed by atoms with E-state index in [1.54, 1.807) is 6.08 Å². The van der Waals surface area contributed by atoms with Gasteiger partial charge >= 0.3 is 5.97 Å². The van der Waals surface area contributed by atoms with Gasteiger partial charge in [0.2, 0.25) is 5.91 Å². The van der Waals surface area contributed by atoms with Gasteiger partial charge in [0, 0.05) is 6.42 Å². The molecule has 8 unspecified atom stereocenters. The molecule has 1 aliphatic heterocycles. The first-order valence-electron chi connectivity index (χ1n) is 34.8. The van der Waals surface area contributed by atoms with Crippen LogP contribution in [0, 0.1) is 0 Å². The Bertz CT molecular complexity index is 1460. The van der Waals surface area contributed by atoms with Crippen LogP contribution >= 0.6 is 0 Å². The summed E-state index contributed by atoms with van der Waals surface area (Å²) < 4.78 is 17.7. The minimum atomic E-state index is -1.61. The van der Waals surface area contributed by atoms with Gasteiger partial charge in [-0.1, -0.05) is 288 Å². The first-order valence-corrected chi connectivity index (χ1v) is 34.8. The van der Waals surface area contributed by atoms with Crippen LogP contribution in [-0.4, -0.2) is 99.6 Å². The van der Waals surface area contributed by atoms with Gasteiger partial charge in [-0.2, -0.15) is 0 Å². The Morgan fingerprint density at radius 1 is 0.469 bits per heavy atom. The first kappa shape index (κ1) is 76.9. The lowest BCUT2D eigenvalue weighted by atomic mass is 9.99. The van der Waals surface area contributed by atoms with Crippen LogP contribution in [0.4, 0.5) is 0 Å². The predicted octanol–water partition coefficient (Wildman–Crippen LogP) is 17.4. The van der Waals surface area contributed by atoms with Gasteiger partial charge in [0.1, 0.15) is 24.4 Å². The molecule has 1 saturated heterocycles. The van der Waals surface area contributed by atoms with Crippen molar-refractivity contribution in [3.8, 4) is 0 Å². The van der Waals surface area contributed by atoms with Crippen molar-refractivity contribution in [3.05, 3.63) is 36.5 Å². The zero-order valence-corrected chi connectivity index (χ0v) is 52.9. The van der Waals surface area contributed by atoms with Gasteiger partial charge in [0.05, 0.1) is 25.4 Å². The summed E-state index contributed by atoms with van der Waals surface area (Å²) in [6.45, 7) is 5.81. The molecule has 0 aromatic heterocycles. The molecule has 0 bridgehead atoms. The number of unbranched alkanes of at least 4 members (excludes halogenated alkanes) is 42. The first-order chi connectivity index (χ1) is 39.7. The molecule has 0 aliphatic carbocycles. The number of rotatable bonds is 60. The quantitative estimate of drug-likeness (QED) is 0.0195. The van der Waals surface area contributed by atoms with E-state index in [0.29, 0.717) is 19.3 Å². The Balaban J connectivity index is 2.59. The van der Waals surface area contributed by atoms with E-state index >= 15 is 0 Å². The number of hydrogen-bond acceptors (Lipinski definition) is 10. The summed E-state index contributed by atoms with van der Waals surface area (Å²) in [5, 5.41) is 57.2. The molecule has 1 amide bonds. The van der Waals surface area contributed by atoms with Crippen LogP contribution in [0.5, 0.6) is 0 Å². The van der Waals surface area contributed by atoms with Gasteiger partial charge in [-0.15, -0.1) is 0 Å². The van der Waals surface area contributed by atoms with E-state index in [1.807, 2.05) is 6.08 Å². The molecule has 1 aliphatic rings. The standard InChI is InChI=1S/C70H131NO10/c1-4-7-10-13-16-19-22-25-27-28-29-30-31-32-33-34-35-37-39-42-45-48-51-54-57-63(74)69(78)71-61(62(73)56-53-50-47-44-41-38-24-21-18-15-12-9-6-3)60-79-70-68(67(77)66(76)64(59-72)80-70)81-65(75)58-55-52-49-46-43-40-36-26-23-20-17-14-11-8-5-2/h20,23,25,27,53,56,61-64,66-68,70,72-74,76-77H,4-19,21-22,24,26,28-52,54-55,57-60H2,1-3H3,(H,71,78)/b23-20-,27-25+,56-53+. The van der Waals surface area contributed by atoms with E-state index in [-0.39, 0.29) is 13.0 Å². The van der Waals surface area contributed by atoms with E-state index in [2.05, 4.69) is 50.4 Å². The van der Waals surface area contributed by atoms with Crippen LogP contribution in [0.1, 0.15) is 335 Å². The molecule has 0 aromatic rings. The fourth-order valence-corrected chi connectivity index (χ4v) is 11.0. The number of carbonyl (C=O) groups is 2. The maximum atomic E-state index is 13.5. The molecule has 1 heterocycles. The average molecular weight is 1150 g/mol. The molecule has 1 fully saturated rings. The minimum absolute atomic E-state index is 0.121. The fraction of sp³-hybridized carbons (Fsp3) is 0.886. The molecule has 0 spiro atoms. The highest BCUT2D eigenvalue weighted by atomic mass is 16.7. The lowest BCUT2D eigenvalue weighted by molar-refractivity contribution is -0.305. The Hall–Kier alpha value is -2.12. The van der Waals surface area contributed by atoms with E-state index in [1.165, 1.54) is 218 Å². The fourth-order valence-electron chi connectivity index (χ4n) is 11.0. The molecule has 0 saturated carbocycles. The van der Waals surface area contributed by atoms with E-state index in [9.17, 15) is 35.1 Å². The molecule has 11 nitrogen and oxygen atoms in total. The van der Waals surface area contributed by atoms with E-state index < -0.39 is 67.4 Å². The molecule has 6 N–H and O–H groups in total. The predicted molar refractivity (Wildman–Crippen MR) is 338 cm³/mol.